The Kier molecular flexibility index (Phi) is 5.01. The number of anilines is 2. The fraction of sp³-hybridized carbons (Fsp3) is 0.500. The van der Waals surface area contributed by atoms with Crippen molar-refractivity contribution in [2.24, 2.45) is 0 Å². The van der Waals surface area contributed by atoms with Gasteiger partial charge in [-0.1, -0.05) is 0 Å². The van der Waals surface area contributed by atoms with Crippen LogP contribution in [-0.4, -0.2) is 59.0 Å². The lowest BCUT2D eigenvalue weighted by Crippen LogP contribution is -2.41. The molecule has 2 N–H and O–H groups in total. The van der Waals surface area contributed by atoms with Crippen molar-refractivity contribution in [3.05, 3.63) is 36.3 Å². The summed E-state index contributed by atoms with van der Waals surface area (Å²) in [5.41, 5.74) is 2.04. The van der Waals surface area contributed by atoms with Gasteiger partial charge in [0.05, 0.1) is 36.8 Å². The van der Waals surface area contributed by atoms with E-state index in [4.69, 9.17) is 4.74 Å². The van der Waals surface area contributed by atoms with Crippen LogP contribution >= 0.6 is 0 Å². The number of hydrogen-bond acceptors (Lipinski definition) is 5. The Balaban J connectivity index is 1.41. The lowest BCUT2D eigenvalue weighted by Gasteiger charge is -2.35. The first-order valence-corrected chi connectivity index (χ1v) is 9.17. The van der Waals surface area contributed by atoms with Crippen molar-refractivity contribution in [1.82, 2.24) is 20.1 Å². The van der Waals surface area contributed by atoms with E-state index in [-0.39, 0.29) is 12.1 Å². The van der Waals surface area contributed by atoms with E-state index in [1.807, 2.05) is 29.3 Å². The number of H-pyrrole nitrogens is 1. The van der Waals surface area contributed by atoms with Crippen LogP contribution < -0.4 is 10.2 Å². The lowest BCUT2D eigenvalue weighted by molar-refractivity contribution is 0.122. The number of carbonyl (C=O) groups excluding carboxylic acids is 1. The summed E-state index contributed by atoms with van der Waals surface area (Å²) in [5, 5.41) is 9.95. The number of likely N-dealkylation sites (tertiary alicyclic amines) is 1. The van der Waals surface area contributed by atoms with Gasteiger partial charge in [0.2, 0.25) is 0 Å². The summed E-state index contributed by atoms with van der Waals surface area (Å²) in [7, 11) is 0. The largest absolute Gasteiger partial charge is 0.378 e. The van der Waals surface area contributed by atoms with E-state index >= 15 is 0 Å². The zero-order chi connectivity index (χ0) is 17.8. The maximum Gasteiger partial charge on any atom is 0.323 e. The zero-order valence-electron chi connectivity index (χ0n) is 14.7. The molecule has 1 atom stereocenters. The van der Waals surface area contributed by atoms with Gasteiger partial charge in [0, 0.05) is 25.8 Å². The van der Waals surface area contributed by atoms with Crippen LogP contribution in [0, 0.1) is 0 Å². The molecule has 2 aliphatic rings. The van der Waals surface area contributed by atoms with Crippen LogP contribution in [0.25, 0.3) is 0 Å². The summed E-state index contributed by atoms with van der Waals surface area (Å²) in [6, 6.07) is 5.72. The quantitative estimate of drug-likeness (QED) is 0.882. The zero-order valence-corrected chi connectivity index (χ0v) is 14.7. The van der Waals surface area contributed by atoms with Crippen molar-refractivity contribution in [3.63, 3.8) is 0 Å². The van der Waals surface area contributed by atoms with Gasteiger partial charge >= 0.3 is 6.03 Å². The average Bonchev–Trinajstić information content (AvgIpc) is 3.24. The van der Waals surface area contributed by atoms with Gasteiger partial charge < -0.3 is 14.5 Å². The minimum Gasteiger partial charge on any atom is -0.378 e. The molecule has 2 saturated heterocycles. The number of ether oxygens (including phenoxy) is 1. The molecule has 0 bridgehead atoms. The third kappa shape index (κ3) is 3.65. The number of rotatable bonds is 3. The number of nitrogens with one attached hydrogen (secondary N) is 2. The molecule has 26 heavy (non-hydrogen) atoms. The molecule has 0 spiro atoms. The van der Waals surface area contributed by atoms with Crippen molar-refractivity contribution in [2.45, 2.75) is 25.3 Å². The molecule has 138 valence electrons. The molecule has 0 saturated carbocycles. The molecule has 0 aromatic carbocycles. The van der Waals surface area contributed by atoms with Crippen LogP contribution in [0.2, 0.25) is 0 Å². The molecule has 2 aromatic rings. The van der Waals surface area contributed by atoms with Crippen LogP contribution in [0.3, 0.4) is 0 Å². The molecule has 2 aliphatic heterocycles. The second-order valence-electron chi connectivity index (χ2n) is 6.65. The van der Waals surface area contributed by atoms with Crippen LogP contribution in [0.4, 0.5) is 16.3 Å². The summed E-state index contributed by atoms with van der Waals surface area (Å²) in [4.78, 5) is 21.3. The number of aromatic amines is 1. The van der Waals surface area contributed by atoms with E-state index in [2.05, 4.69) is 25.4 Å². The van der Waals surface area contributed by atoms with E-state index in [9.17, 15) is 4.79 Å². The maximum absolute atomic E-state index is 12.8. The number of morpholine rings is 1. The predicted molar refractivity (Wildman–Crippen MR) is 98.2 cm³/mol. The first-order valence-electron chi connectivity index (χ1n) is 9.17. The summed E-state index contributed by atoms with van der Waals surface area (Å²) < 4.78 is 5.37. The second kappa shape index (κ2) is 7.74. The molecule has 2 fully saturated rings. The van der Waals surface area contributed by atoms with Crippen LogP contribution in [-0.2, 0) is 4.74 Å². The number of hydrogen-bond donors (Lipinski definition) is 2. The number of carbonyl (C=O) groups is 1. The van der Waals surface area contributed by atoms with Crippen LogP contribution in [0.15, 0.2) is 30.6 Å². The molecule has 8 heteroatoms. The van der Waals surface area contributed by atoms with Gasteiger partial charge in [-0.05, 0) is 37.5 Å². The van der Waals surface area contributed by atoms with Crippen molar-refractivity contribution in [2.75, 3.05) is 43.1 Å². The van der Waals surface area contributed by atoms with Gasteiger partial charge in [-0.2, -0.15) is 5.10 Å². The Morgan fingerprint density at radius 2 is 2.08 bits per heavy atom. The molecule has 0 radical (unpaired) electrons. The van der Waals surface area contributed by atoms with Gasteiger partial charge in [-0.3, -0.25) is 10.4 Å². The Bertz CT molecular complexity index is 712. The summed E-state index contributed by atoms with van der Waals surface area (Å²) >= 11 is 0. The highest BCUT2D eigenvalue weighted by molar-refractivity contribution is 5.88. The molecule has 2 amide bonds. The molecule has 2 aromatic heterocycles. The fourth-order valence-electron chi connectivity index (χ4n) is 3.60. The topological polar surface area (TPSA) is 86.4 Å². The van der Waals surface area contributed by atoms with Crippen molar-refractivity contribution >= 4 is 17.5 Å². The van der Waals surface area contributed by atoms with E-state index < -0.39 is 0 Å². The highest BCUT2D eigenvalue weighted by atomic mass is 16.5. The van der Waals surface area contributed by atoms with Crippen molar-refractivity contribution in [1.29, 1.82) is 0 Å². The smallest absolute Gasteiger partial charge is 0.323 e. The Labute approximate surface area is 152 Å². The number of amides is 2. The van der Waals surface area contributed by atoms with Crippen LogP contribution in [0.5, 0.6) is 0 Å². The Morgan fingerprint density at radius 1 is 1.19 bits per heavy atom. The number of pyridine rings is 1. The third-order valence-electron chi connectivity index (χ3n) is 5.00. The van der Waals surface area contributed by atoms with Crippen LogP contribution in [0.1, 0.15) is 31.0 Å². The maximum atomic E-state index is 12.8. The first kappa shape index (κ1) is 16.8. The third-order valence-corrected chi connectivity index (χ3v) is 5.00. The molecule has 8 nitrogen and oxygen atoms in total. The van der Waals surface area contributed by atoms with Gasteiger partial charge in [0.25, 0.3) is 0 Å². The number of aromatic nitrogens is 3. The van der Waals surface area contributed by atoms with E-state index in [0.717, 1.165) is 63.5 Å². The summed E-state index contributed by atoms with van der Waals surface area (Å²) in [5.74, 6) is 0.570. The van der Waals surface area contributed by atoms with Gasteiger partial charge in [-0.15, -0.1) is 0 Å². The van der Waals surface area contributed by atoms with Crippen molar-refractivity contribution < 1.29 is 9.53 Å². The number of urea groups is 1. The number of nitrogens with zero attached hydrogens (tertiary/aromatic N) is 4. The lowest BCUT2D eigenvalue weighted by atomic mass is 10.00. The molecule has 0 aliphatic carbocycles. The molecule has 1 unspecified atom stereocenters. The van der Waals surface area contributed by atoms with Crippen molar-refractivity contribution in [3.8, 4) is 0 Å². The molecule has 4 heterocycles. The van der Waals surface area contributed by atoms with E-state index in [1.165, 1.54) is 0 Å². The highest BCUT2D eigenvalue weighted by Crippen LogP contribution is 2.30. The Morgan fingerprint density at radius 3 is 2.81 bits per heavy atom. The first-order chi connectivity index (χ1) is 12.8. The molecule has 4 rings (SSSR count). The van der Waals surface area contributed by atoms with E-state index in [1.54, 1.807) is 6.20 Å². The summed E-state index contributed by atoms with van der Waals surface area (Å²) in [6.45, 7) is 3.95. The standard InChI is InChI=1S/C18H24N6O2/c25-18(24-8-2-1-3-16(24)15-6-7-20-22-15)21-17-5-4-14(13-19-17)23-9-11-26-12-10-23/h4-7,13,16H,1-3,8-12H2,(H,20,22)(H,19,21,25). The molecular weight excluding hydrogens is 332 g/mol. The normalized spacial score (nSPS) is 20.8. The monoisotopic (exact) mass is 356 g/mol. The SMILES string of the molecule is O=C(Nc1ccc(N2CCOCC2)cn1)N1CCCCC1c1ccn[nH]1. The van der Waals surface area contributed by atoms with E-state index in [0.29, 0.717) is 5.82 Å². The van der Waals surface area contributed by atoms with Gasteiger partial charge in [0.1, 0.15) is 5.82 Å². The fourth-order valence-corrected chi connectivity index (χ4v) is 3.60. The average molecular weight is 356 g/mol. The highest BCUT2D eigenvalue weighted by Gasteiger charge is 2.29. The van der Waals surface area contributed by atoms with Gasteiger partial charge in [0.15, 0.2) is 0 Å². The second-order valence-corrected chi connectivity index (χ2v) is 6.65. The minimum absolute atomic E-state index is 0.0406. The number of piperidine rings is 1. The Hall–Kier alpha value is -2.61. The molecular formula is C18H24N6O2. The predicted octanol–water partition coefficient (Wildman–Crippen LogP) is 2.40. The van der Waals surface area contributed by atoms with Gasteiger partial charge in [-0.25, -0.2) is 9.78 Å². The summed E-state index contributed by atoms with van der Waals surface area (Å²) in [6.07, 6.45) is 6.61. The minimum atomic E-state index is -0.115.